The maximum atomic E-state index is 15.2. The molecule has 0 spiro atoms. The lowest BCUT2D eigenvalue weighted by Crippen LogP contribution is -2.39. The summed E-state index contributed by atoms with van der Waals surface area (Å²) in [6, 6.07) is 0.739. The Kier molecular flexibility index (Phi) is 7.12. The van der Waals surface area contributed by atoms with E-state index in [1.807, 2.05) is 20.8 Å². The average Bonchev–Trinajstić information content (AvgIpc) is 3.51. The molecule has 0 bridgehead atoms. The van der Waals surface area contributed by atoms with Crippen molar-refractivity contribution in [2.24, 2.45) is 0 Å². The number of halogens is 2. The minimum atomic E-state index is -1.36. The van der Waals surface area contributed by atoms with Crippen LogP contribution in [0.1, 0.15) is 93.9 Å². The van der Waals surface area contributed by atoms with Crippen LogP contribution in [0.5, 0.6) is 0 Å². The third-order valence-corrected chi connectivity index (χ3v) is 7.01. The first-order valence-electron chi connectivity index (χ1n) is 12.8. The van der Waals surface area contributed by atoms with Gasteiger partial charge in [-0.1, -0.05) is 6.92 Å². The Bertz CT molecular complexity index is 1260. The van der Waals surface area contributed by atoms with E-state index in [2.05, 4.69) is 0 Å². The number of ether oxygens (including phenoxy) is 1. The number of likely N-dealkylation sites (tertiary alicyclic amines) is 1. The number of rotatable bonds is 7. The molecule has 36 heavy (non-hydrogen) atoms. The van der Waals surface area contributed by atoms with Crippen LogP contribution in [-0.4, -0.2) is 44.8 Å². The molecule has 2 heterocycles. The summed E-state index contributed by atoms with van der Waals surface area (Å²) >= 11 is 0. The van der Waals surface area contributed by atoms with Gasteiger partial charge in [-0.2, -0.15) is 0 Å². The number of fused-ring (bicyclic) bond motifs is 1. The van der Waals surface area contributed by atoms with E-state index in [0.29, 0.717) is 30.6 Å². The molecule has 1 atom stereocenters. The number of hydrogen-bond donors (Lipinski definition) is 1. The summed E-state index contributed by atoms with van der Waals surface area (Å²) in [5.41, 5.74) is -1.000. The highest BCUT2D eigenvalue weighted by molar-refractivity contribution is 5.95. The fraction of sp³-hybridized carbons (Fsp3) is 0.593. The lowest BCUT2D eigenvalue weighted by Gasteiger charge is -2.28. The molecule has 1 aromatic heterocycles. The van der Waals surface area contributed by atoms with Gasteiger partial charge in [0.2, 0.25) is 5.43 Å². The number of hydrogen-bond acceptors (Lipinski definition) is 4. The zero-order chi connectivity index (χ0) is 26.4. The Morgan fingerprint density at radius 3 is 2.47 bits per heavy atom. The third-order valence-electron chi connectivity index (χ3n) is 7.01. The standard InChI is InChI=1S/C27H34F2N2O5/c1-5-20-21(25(33)34)24(32)18-14-19(28)22(29)17(23(18)31(20)16-11-12-16)10-6-8-15-9-7-13-30(15)26(35)36-27(2,3)4/h14-16H,5-13H2,1-4H3,(H,33,34). The molecular formula is C27H34F2N2O5. The van der Waals surface area contributed by atoms with Crippen molar-refractivity contribution in [3.05, 3.63) is 44.7 Å². The number of nitrogens with zero attached hydrogens (tertiary/aromatic N) is 2. The highest BCUT2D eigenvalue weighted by atomic mass is 19.2. The van der Waals surface area contributed by atoms with Crippen LogP contribution in [0.3, 0.4) is 0 Å². The van der Waals surface area contributed by atoms with Crippen LogP contribution in [0.15, 0.2) is 10.9 Å². The summed E-state index contributed by atoms with van der Waals surface area (Å²) in [6.07, 6.45) is 4.36. The number of carbonyl (C=O) groups excluding carboxylic acids is 1. The molecular weight excluding hydrogens is 470 g/mol. The molecule has 1 saturated heterocycles. The molecule has 4 rings (SSSR count). The Morgan fingerprint density at radius 2 is 1.89 bits per heavy atom. The molecule has 1 saturated carbocycles. The van der Waals surface area contributed by atoms with Crippen LogP contribution in [-0.2, 0) is 17.6 Å². The van der Waals surface area contributed by atoms with Gasteiger partial charge in [-0.3, -0.25) is 4.79 Å². The van der Waals surface area contributed by atoms with E-state index in [0.717, 1.165) is 31.7 Å². The fourth-order valence-corrected chi connectivity index (χ4v) is 5.38. The lowest BCUT2D eigenvalue weighted by molar-refractivity contribution is 0.0219. The van der Waals surface area contributed by atoms with Crippen LogP contribution in [0.4, 0.5) is 13.6 Å². The molecule has 196 valence electrons. The first-order valence-corrected chi connectivity index (χ1v) is 12.8. The number of benzene rings is 1. The Balaban J connectivity index is 1.69. The number of aryl methyl sites for hydroxylation is 1. The van der Waals surface area contributed by atoms with Crippen molar-refractivity contribution in [3.8, 4) is 0 Å². The topological polar surface area (TPSA) is 88.8 Å². The van der Waals surface area contributed by atoms with Crippen molar-refractivity contribution in [2.45, 2.75) is 96.7 Å². The smallest absolute Gasteiger partial charge is 0.410 e. The number of carboxylic acids is 1. The van der Waals surface area contributed by atoms with Crippen LogP contribution in [0, 0.1) is 11.6 Å². The zero-order valence-corrected chi connectivity index (χ0v) is 21.3. The molecule has 1 aliphatic heterocycles. The molecule has 1 unspecified atom stereocenters. The van der Waals surface area contributed by atoms with Crippen molar-refractivity contribution >= 4 is 23.0 Å². The van der Waals surface area contributed by atoms with Gasteiger partial charge >= 0.3 is 12.1 Å². The monoisotopic (exact) mass is 504 g/mol. The van der Waals surface area contributed by atoms with E-state index >= 15 is 4.39 Å². The summed E-state index contributed by atoms with van der Waals surface area (Å²) in [5.74, 6) is -3.52. The maximum absolute atomic E-state index is 15.2. The number of aromatic carboxylic acids is 1. The van der Waals surface area contributed by atoms with Crippen molar-refractivity contribution in [2.75, 3.05) is 6.54 Å². The fourth-order valence-electron chi connectivity index (χ4n) is 5.38. The van der Waals surface area contributed by atoms with Gasteiger partial charge in [0.25, 0.3) is 0 Å². The van der Waals surface area contributed by atoms with Gasteiger partial charge in [-0.15, -0.1) is 0 Å². The van der Waals surface area contributed by atoms with E-state index in [1.54, 1.807) is 16.4 Å². The second kappa shape index (κ2) is 9.82. The van der Waals surface area contributed by atoms with Crippen molar-refractivity contribution < 1.29 is 28.2 Å². The summed E-state index contributed by atoms with van der Waals surface area (Å²) < 4.78 is 37.2. The predicted octanol–water partition coefficient (Wildman–Crippen LogP) is 5.60. The Labute approximate surface area is 209 Å². The lowest BCUT2D eigenvalue weighted by atomic mass is 9.97. The van der Waals surface area contributed by atoms with Gasteiger partial charge < -0.3 is 19.3 Å². The number of carboxylic acid groups (broad SMARTS) is 1. The second-order valence-electron chi connectivity index (χ2n) is 10.8. The summed E-state index contributed by atoms with van der Waals surface area (Å²) in [7, 11) is 0. The molecule has 7 nitrogen and oxygen atoms in total. The van der Waals surface area contributed by atoms with Gasteiger partial charge in [0, 0.05) is 35.3 Å². The molecule has 2 fully saturated rings. The summed E-state index contributed by atoms with van der Waals surface area (Å²) in [6.45, 7) is 7.79. The maximum Gasteiger partial charge on any atom is 0.410 e. The average molecular weight is 505 g/mol. The van der Waals surface area contributed by atoms with E-state index in [4.69, 9.17) is 4.74 Å². The highest BCUT2D eigenvalue weighted by Gasteiger charge is 2.34. The van der Waals surface area contributed by atoms with Gasteiger partial charge in [0.1, 0.15) is 11.2 Å². The first-order chi connectivity index (χ1) is 16.9. The third kappa shape index (κ3) is 4.97. The quantitative estimate of drug-likeness (QED) is 0.530. The summed E-state index contributed by atoms with van der Waals surface area (Å²) in [4.78, 5) is 39.4. The van der Waals surface area contributed by atoms with E-state index in [1.165, 1.54) is 0 Å². The Hall–Kier alpha value is -2.97. The molecule has 1 amide bonds. The van der Waals surface area contributed by atoms with Crippen LogP contribution in [0.25, 0.3) is 10.9 Å². The SMILES string of the molecule is CCc1c(C(=O)O)c(=O)c2cc(F)c(F)c(CCCC3CCCN3C(=O)OC(C)(C)C)c2n1C1CC1. The van der Waals surface area contributed by atoms with E-state index in [-0.39, 0.29) is 47.5 Å². The van der Waals surface area contributed by atoms with Gasteiger partial charge in [0.05, 0.1) is 5.52 Å². The molecule has 2 aromatic rings. The van der Waals surface area contributed by atoms with Crippen molar-refractivity contribution in [3.63, 3.8) is 0 Å². The van der Waals surface area contributed by atoms with Crippen LogP contribution >= 0.6 is 0 Å². The molecule has 2 aliphatic rings. The predicted molar refractivity (Wildman–Crippen MR) is 132 cm³/mol. The second-order valence-corrected chi connectivity index (χ2v) is 10.8. The molecule has 1 N–H and O–H groups in total. The van der Waals surface area contributed by atoms with Crippen molar-refractivity contribution in [1.29, 1.82) is 0 Å². The Morgan fingerprint density at radius 1 is 1.19 bits per heavy atom. The molecule has 1 aromatic carbocycles. The summed E-state index contributed by atoms with van der Waals surface area (Å²) in [5, 5.41) is 9.64. The van der Waals surface area contributed by atoms with Crippen molar-refractivity contribution in [1.82, 2.24) is 9.47 Å². The first kappa shape index (κ1) is 26.1. The zero-order valence-electron chi connectivity index (χ0n) is 21.3. The number of amides is 1. The minimum Gasteiger partial charge on any atom is -0.477 e. The largest absolute Gasteiger partial charge is 0.477 e. The van der Waals surface area contributed by atoms with Gasteiger partial charge in [-0.05, 0) is 78.2 Å². The van der Waals surface area contributed by atoms with Gasteiger partial charge in [0.15, 0.2) is 11.6 Å². The number of pyridine rings is 1. The number of aromatic nitrogens is 1. The minimum absolute atomic E-state index is 0.0396. The van der Waals surface area contributed by atoms with Crippen LogP contribution < -0.4 is 5.43 Å². The van der Waals surface area contributed by atoms with E-state index < -0.39 is 28.6 Å². The normalized spacial score (nSPS) is 18.2. The van der Waals surface area contributed by atoms with Gasteiger partial charge in [-0.25, -0.2) is 18.4 Å². The van der Waals surface area contributed by atoms with Crippen LogP contribution in [0.2, 0.25) is 0 Å². The molecule has 9 heteroatoms. The molecule has 1 aliphatic carbocycles. The van der Waals surface area contributed by atoms with E-state index in [9.17, 15) is 23.9 Å². The highest BCUT2D eigenvalue weighted by Crippen LogP contribution is 2.40. The molecule has 0 radical (unpaired) electrons. The number of carbonyl (C=O) groups is 2.